The van der Waals surface area contributed by atoms with Gasteiger partial charge in [0.05, 0.1) is 33.5 Å². The first kappa shape index (κ1) is 20.5. The summed E-state index contributed by atoms with van der Waals surface area (Å²) in [6, 6.07) is 17.0. The van der Waals surface area contributed by atoms with Crippen LogP contribution in [0.15, 0.2) is 59.6 Å². The van der Waals surface area contributed by atoms with Crippen molar-refractivity contribution in [3.05, 3.63) is 65.3 Å². The summed E-state index contributed by atoms with van der Waals surface area (Å²) in [7, 11) is 0. The number of aromatic nitrogens is 2. The van der Waals surface area contributed by atoms with Gasteiger partial charge in [0, 0.05) is 13.0 Å². The molecule has 0 saturated heterocycles. The second-order valence-electron chi connectivity index (χ2n) is 6.95. The average Bonchev–Trinajstić information content (AvgIpc) is 3.09. The topological polar surface area (TPSA) is 67.2 Å². The van der Waals surface area contributed by atoms with Crippen molar-refractivity contribution in [2.75, 3.05) is 22.5 Å². The molecule has 0 atom stereocenters. The highest BCUT2D eigenvalue weighted by atomic mass is 35.5. The molecular weight excluding hydrogens is 420 g/mol. The molecule has 2 heterocycles. The molecule has 1 N–H and O–H groups in total. The van der Waals surface area contributed by atoms with E-state index in [4.69, 9.17) is 11.6 Å². The number of halogens is 1. The van der Waals surface area contributed by atoms with Crippen LogP contribution in [0.2, 0.25) is 5.02 Å². The molecular formula is C22H21ClN4O2S. The second-order valence-corrected chi connectivity index (χ2v) is 8.32. The molecule has 0 spiro atoms. The third-order valence-electron chi connectivity index (χ3n) is 4.83. The number of fused-ring (bicyclic) bond motifs is 1. The summed E-state index contributed by atoms with van der Waals surface area (Å²) in [6.45, 7) is 2.37. The molecule has 2 aromatic carbocycles. The summed E-state index contributed by atoms with van der Waals surface area (Å²) in [5.74, 6) is 0.269. The van der Waals surface area contributed by atoms with Gasteiger partial charge in [-0.05, 0) is 37.6 Å². The highest BCUT2D eigenvalue weighted by Crippen LogP contribution is 2.39. The molecule has 2 amide bonds. The van der Waals surface area contributed by atoms with Crippen molar-refractivity contribution in [3.8, 4) is 5.69 Å². The lowest BCUT2D eigenvalue weighted by atomic mass is 10.2. The van der Waals surface area contributed by atoms with Gasteiger partial charge < -0.3 is 10.2 Å². The molecule has 0 unspecified atom stereocenters. The number of carbonyl (C=O) groups is 2. The van der Waals surface area contributed by atoms with Crippen LogP contribution in [0, 0.1) is 6.92 Å². The first-order valence-corrected chi connectivity index (χ1v) is 11.0. The number of hydrogen-bond donors (Lipinski definition) is 1. The fraction of sp³-hybridized carbons (Fsp3) is 0.227. The summed E-state index contributed by atoms with van der Waals surface area (Å²) in [4.78, 5) is 26.7. The number of anilines is 2. The van der Waals surface area contributed by atoms with Crippen LogP contribution in [-0.4, -0.2) is 33.9 Å². The Morgan fingerprint density at radius 3 is 2.67 bits per heavy atom. The molecule has 1 aliphatic heterocycles. The molecule has 0 aliphatic carbocycles. The van der Waals surface area contributed by atoms with E-state index < -0.39 is 0 Å². The van der Waals surface area contributed by atoms with Gasteiger partial charge in [-0.3, -0.25) is 9.59 Å². The van der Waals surface area contributed by atoms with E-state index in [9.17, 15) is 9.59 Å². The van der Waals surface area contributed by atoms with Gasteiger partial charge in [0.2, 0.25) is 11.8 Å². The smallest absolute Gasteiger partial charge is 0.237 e. The third kappa shape index (κ3) is 4.22. The van der Waals surface area contributed by atoms with Crippen molar-refractivity contribution in [3.63, 3.8) is 0 Å². The van der Waals surface area contributed by atoms with Crippen molar-refractivity contribution >= 4 is 46.6 Å². The lowest BCUT2D eigenvalue weighted by Gasteiger charge is -2.27. The maximum atomic E-state index is 12.6. The normalized spacial score (nSPS) is 13.3. The van der Waals surface area contributed by atoms with Gasteiger partial charge >= 0.3 is 0 Å². The van der Waals surface area contributed by atoms with Gasteiger partial charge in [-0.15, -0.1) is 0 Å². The van der Waals surface area contributed by atoms with E-state index in [0.717, 1.165) is 22.1 Å². The number of nitrogens with zero attached hydrogens (tertiary/aromatic N) is 3. The number of thioether (sulfide) groups is 1. The maximum absolute atomic E-state index is 12.6. The number of rotatable bonds is 6. The summed E-state index contributed by atoms with van der Waals surface area (Å²) in [6.07, 6.45) is 0.839. The van der Waals surface area contributed by atoms with Crippen molar-refractivity contribution in [2.24, 2.45) is 0 Å². The Kier molecular flexibility index (Phi) is 6.11. The van der Waals surface area contributed by atoms with Crippen LogP contribution in [0.25, 0.3) is 5.69 Å². The Bertz CT molecular complexity index is 1080. The molecule has 1 aliphatic rings. The Balaban J connectivity index is 1.46. The minimum Gasteiger partial charge on any atom is -0.325 e. The van der Waals surface area contributed by atoms with Crippen molar-refractivity contribution in [1.29, 1.82) is 0 Å². The standard InChI is InChI=1S/C22H21ClN4O2S/c1-15-21-22(27(25-15)16-8-3-2-4-9-16)30-14-20(29)26(21)13-7-12-19(28)24-18-11-6-5-10-17(18)23/h2-6,8-11H,7,12-14H2,1H3,(H,24,28). The van der Waals surface area contributed by atoms with Crippen LogP contribution in [0.5, 0.6) is 0 Å². The van der Waals surface area contributed by atoms with Crippen LogP contribution in [-0.2, 0) is 9.59 Å². The average molecular weight is 441 g/mol. The minimum atomic E-state index is -0.126. The van der Waals surface area contributed by atoms with E-state index in [1.54, 1.807) is 17.0 Å². The van der Waals surface area contributed by atoms with Gasteiger partial charge in [0.25, 0.3) is 0 Å². The molecule has 4 rings (SSSR count). The van der Waals surface area contributed by atoms with Gasteiger partial charge in [-0.1, -0.05) is 53.7 Å². The van der Waals surface area contributed by atoms with E-state index in [1.165, 1.54) is 11.8 Å². The Morgan fingerprint density at radius 2 is 1.90 bits per heavy atom. The van der Waals surface area contributed by atoms with Gasteiger partial charge in [0.1, 0.15) is 5.03 Å². The quantitative estimate of drug-likeness (QED) is 0.603. The SMILES string of the molecule is Cc1nn(-c2ccccc2)c2c1N(CCCC(=O)Nc1ccccc1Cl)C(=O)CS2. The van der Waals surface area contributed by atoms with E-state index in [1.807, 2.05) is 54.1 Å². The number of para-hydroxylation sites is 2. The van der Waals surface area contributed by atoms with Gasteiger partial charge in [-0.25, -0.2) is 4.68 Å². The summed E-state index contributed by atoms with van der Waals surface area (Å²) in [5, 5.41) is 8.94. The predicted octanol–water partition coefficient (Wildman–Crippen LogP) is 4.69. The molecule has 154 valence electrons. The molecule has 8 heteroatoms. The monoisotopic (exact) mass is 440 g/mol. The van der Waals surface area contributed by atoms with Crippen molar-refractivity contribution in [1.82, 2.24) is 9.78 Å². The summed E-state index contributed by atoms with van der Waals surface area (Å²) in [5.41, 5.74) is 3.20. The molecule has 3 aromatic rings. The lowest BCUT2D eigenvalue weighted by Crippen LogP contribution is -2.36. The van der Waals surface area contributed by atoms with E-state index in [2.05, 4.69) is 10.4 Å². The first-order chi connectivity index (χ1) is 14.5. The van der Waals surface area contributed by atoms with Crippen LogP contribution in [0.3, 0.4) is 0 Å². The second kappa shape index (κ2) is 8.93. The molecule has 0 fully saturated rings. The number of nitrogens with one attached hydrogen (secondary N) is 1. The number of amides is 2. The Labute approximate surface area is 184 Å². The van der Waals surface area contributed by atoms with Crippen LogP contribution >= 0.6 is 23.4 Å². The van der Waals surface area contributed by atoms with Gasteiger partial charge in [-0.2, -0.15) is 5.10 Å². The number of hydrogen-bond acceptors (Lipinski definition) is 4. The van der Waals surface area contributed by atoms with Crippen molar-refractivity contribution < 1.29 is 9.59 Å². The molecule has 0 radical (unpaired) electrons. The maximum Gasteiger partial charge on any atom is 0.237 e. The lowest BCUT2D eigenvalue weighted by molar-refractivity contribution is -0.117. The highest BCUT2D eigenvalue weighted by Gasteiger charge is 2.31. The zero-order chi connectivity index (χ0) is 21.1. The molecule has 6 nitrogen and oxygen atoms in total. The Hall–Kier alpha value is -2.77. The molecule has 1 aromatic heterocycles. The minimum absolute atomic E-state index is 0.0368. The van der Waals surface area contributed by atoms with E-state index >= 15 is 0 Å². The fourth-order valence-corrected chi connectivity index (χ4v) is 4.69. The molecule has 0 saturated carbocycles. The van der Waals surface area contributed by atoms with E-state index in [0.29, 0.717) is 35.8 Å². The van der Waals surface area contributed by atoms with Gasteiger partial charge in [0.15, 0.2) is 0 Å². The molecule has 30 heavy (non-hydrogen) atoms. The van der Waals surface area contributed by atoms with Crippen LogP contribution in [0.4, 0.5) is 11.4 Å². The zero-order valence-corrected chi connectivity index (χ0v) is 18.0. The summed E-state index contributed by atoms with van der Waals surface area (Å²) >= 11 is 7.59. The van der Waals surface area contributed by atoms with Crippen molar-refractivity contribution in [2.45, 2.75) is 24.8 Å². The largest absolute Gasteiger partial charge is 0.325 e. The predicted molar refractivity (Wildman–Crippen MR) is 121 cm³/mol. The summed E-state index contributed by atoms with van der Waals surface area (Å²) < 4.78 is 1.89. The number of carbonyl (C=O) groups excluding carboxylic acids is 2. The van der Waals surface area contributed by atoms with E-state index in [-0.39, 0.29) is 11.8 Å². The number of benzene rings is 2. The fourth-order valence-electron chi connectivity index (χ4n) is 3.42. The molecule has 0 bridgehead atoms. The van der Waals surface area contributed by atoms with Crippen LogP contribution < -0.4 is 10.2 Å². The highest BCUT2D eigenvalue weighted by molar-refractivity contribution is 8.00. The Morgan fingerprint density at radius 1 is 1.17 bits per heavy atom. The van der Waals surface area contributed by atoms with Crippen LogP contribution in [0.1, 0.15) is 18.5 Å². The first-order valence-electron chi connectivity index (χ1n) is 9.67. The third-order valence-corrected chi connectivity index (χ3v) is 6.19. The number of aryl methyl sites for hydroxylation is 1. The zero-order valence-electron chi connectivity index (χ0n) is 16.5.